The number of carbonyl (C=O) groups is 2. The summed E-state index contributed by atoms with van der Waals surface area (Å²) in [5.41, 5.74) is 0.503. The number of anilines is 1. The van der Waals surface area contributed by atoms with Gasteiger partial charge in [0, 0.05) is 11.8 Å². The van der Waals surface area contributed by atoms with Crippen molar-refractivity contribution in [2.75, 3.05) is 19.5 Å². The van der Waals surface area contributed by atoms with Crippen molar-refractivity contribution in [2.24, 2.45) is 11.8 Å². The molecular formula is C16H17NO6. The summed E-state index contributed by atoms with van der Waals surface area (Å²) in [4.78, 5) is 23.9. The number of ether oxygens (including phenoxy) is 3. The fourth-order valence-corrected chi connectivity index (χ4v) is 3.05. The van der Waals surface area contributed by atoms with Gasteiger partial charge in [-0.25, -0.2) is 0 Å². The van der Waals surface area contributed by atoms with Gasteiger partial charge in [-0.2, -0.15) is 0 Å². The second-order valence-corrected chi connectivity index (χ2v) is 5.40. The first-order chi connectivity index (χ1) is 11.0. The average molecular weight is 319 g/mol. The quantitative estimate of drug-likeness (QED) is 0.795. The van der Waals surface area contributed by atoms with Gasteiger partial charge < -0.3 is 24.6 Å². The van der Waals surface area contributed by atoms with Crippen molar-refractivity contribution in [2.45, 2.75) is 12.2 Å². The second kappa shape index (κ2) is 5.92. The molecule has 1 saturated heterocycles. The molecule has 2 aliphatic heterocycles. The van der Waals surface area contributed by atoms with E-state index in [1.54, 1.807) is 30.4 Å². The van der Waals surface area contributed by atoms with Crippen molar-refractivity contribution >= 4 is 17.6 Å². The van der Waals surface area contributed by atoms with Crippen LogP contribution in [0.1, 0.15) is 0 Å². The summed E-state index contributed by atoms with van der Waals surface area (Å²) in [5, 5.41) is 12.1. The number of carboxylic acids is 1. The van der Waals surface area contributed by atoms with Crippen LogP contribution in [0.25, 0.3) is 0 Å². The highest BCUT2D eigenvalue weighted by atomic mass is 16.5. The van der Waals surface area contributed by atoms with Gasteiger partial charge in [-0.1, -0.05) is 12.2 Å². The summed E-state index contributed by atoms with van der Waals surface area (Å²) in [5.74, 6) is -2.03. The van der Waals surface area contributed by atoms with E-state index < -0.39 is 30.0 Å². The monoisotopic (exact) mass is 319 g/mol. The van der Waals surface area contributed by atoms with Crippen LogP contribution >= 0.6 is 0 Å². The molecule has 2 heterocycles. The third kappa shape index (κ3) is 2.63. The number of hydrogen-bond donors (Lipinski definition) is 2. The number of fused-ring (bicyclic) bond motifs is 2. The fourth-order valence-electron chi connectivity index (χ4n) is 3.05. The minimum atomic E-state index is -1.03. The molecule has 1 aromatic rings. The molecule has 0 spiro atoms. The molecule has 3 rings (SSSR count). The summed E-state index contributed by atoms with van der Waals surface area (Å²) < 4.78 is 15.8. The number of nitrogens with one attached hydrogen (secondary N) is 1. The average Bonchev–Trinajstić information content (AvgIpc) is 3.15. The summed E-state index contributed by atoms with van der Waals surface area (Å²) in [6, 6.07) is 4.95. The molecule has 0 aliphatic carbocycles. The number of rotatable bonds is 5. The first kappa shape index (κ1) is 15.4. The molecule has 4 unspecified atom stereocenters. The summed E-state index contributed by atoms with van der Waals surface area (Å²) in [6.45, 7) is 0. The van der Waals surface area contributed by atoms with Crippen molar-refractivity contribution in [3.05, 3.63) is 30.4 Å². The van der Waals surface area contributed by atoms with E-state index in [0.717, 1.165) is 0 Å². The Bertz CT molecular complexity index is 671. The number of benzene rings is 1. The van der Waals surface area contributed by atoms with Gasteiger partial charge in [-0.05, 0) is 12.1 Å². The molecule has 122 valence electrons. The Morgan fingerprint density at radius 2 is 1.74 bits per heavy atom. The number of carbonyl (C=O) groups excluding carboxylic acids is 1. The van der Waals surface area contributed by atoms with Gasteiger partial charge in [0.1, 0.15) is 5.92 Å². The molecule has 23 heavy (non-hydrogen) atoms. The maximum Gasteiger partial charge on any atom is 0.310 e. The Morgan fingerprint density at radius 1 is 1.09 bits per heavy atom. The second-order valence-electron chi connectivity index (χ2n) is 5.40. The minimum absolute atomic E-state index is 0.388. The summed E-state index contributed by atoms with van der Waals surface area (Å²) in [7, 11) is 3.02. The molecule has 7 heteroatoms. The zero-order chi connectivity index (χ0) is 16.6. The molecule has 0 saturated carbocycles. The molecule has 2 N–H and O–H groups in total. The van der Waals surface area contributed by atoms with Crippen LogP contribution in [0.15, 0.2) is 30.4 Å². The van der Waals surface area contributed by atoms with Crippen LogP contribution in [0.5, 0.6) is 11.5 Å². The van der Waals surface area contributed by atoms with E-state index in [1.165, 1.54) is 14.2 Å². The first-order valence-corrected chi connectivity index (χ1v) is 7.14. The molecule has 0 aromatic heterocycles. The molecule has 4 atom stereocenters. The van der Waals surface area contributed by atoms with Gasteiger partial charge in [0.25, 0.3) is 0 Å². The molecule has 1 amide bonds. The number of methoxy groups -OCH3 is 2. The van der Waals surface area contributed by atoms with E-state index in [1.807, 2.05) is 0 Å². The lowest BCUT2D eigenvalue weighted by atomic mass is 9.82. The van der Waals surface area contributed by atoms with E-state index in [-0.39, 0.29) is 5.91 Å². The van der Waals surface area contributed by atoms with E-state index in [4.69, 9.17) is 14.2 Å². The summed E-state index contributed by atoms with van der Waals surface area (Å²) in [6.07, 6.45) is 2.40. The maximum atomic E-state index is 12.5. The fraction of sp³-hybridized carbons (Fsp3) is 0.375. The molecule has 7 nitrogen and oxygen atoms in total. The lowest BCUT2D eigenvalue weighted by Gasteiger charge is -2.21. The molecule has 2 bridgehead atoms. The zero-order valence-electron chi connectivity index (χ0n) is 12.7. The van der Waals surface area contributed by atoms with E-state index in [0.29, 0.717) is 17.2 Å². The third-order valence-corrected chi connectivity index (χ3v) is 4.14. The van der Waals surface area contributed by atoms with Crippen molar-refractivity contribution in [3.63, 3.8) is 0 Å². The first-order valence-electron chi connectivity index (χ1n) is 7.14. The highest BCUT2D eigenvalue weighted by Gasteiger charge is 2.53. The van der Waals surface area contributed by atoms with Crippen LogP contribution in [-0.2, 0) is 14.3 Å². The van der Waals surface area contributed by atoms with Gasteiger partial charge in [-0.15, -0.1) is 0 Å². The SMILES string of the molecule is COc1ccc(NC(=O)C2C3C=CC(O3)C2C(=O)O)cc1OC. The molecule has 2 aliphatic rings. The highest BCUT2D eigenvalue weighted by Crippen LogP contribution is 2.40. The number of hydrogen-bond acceptors (Lipinski definition) is 5. The number of amides is 1. The van der Waals surface area contributed by atoms with E-state index in [9.17, 15) is 14.7 Å². The van der Waals surface area contributed by atoms with Crippen molar-refractivity contribution < 1.29 is 28.9 Å². The lowest BCUT2D eigenvalue weighted by Crippen LogP contribution is -2.39. The smallest absolute Gasteiger partial charge is 0.310 e. The number of carboxylic acid groups (broad SMARTS) is 1. The van der Waals surface area contributed by atoms with Gasteiger partial charge in [0.05, 0.1) is 32.3 Å². The van der Waals surface area contributed by atoms with Crippen LogP contribution in [-0.4, -0.2) is 43.4 Å². The molecular weight excluding hydrogens is 302 g/mol. The predicted molar refractivity (Wildman–Crippen MR) is 80.6 cm³/mol. The Balaban J connectivity index is 1.79. The third-order valence-electron chi connectivity index (χ3n) is 4.14. The van der Waals surface area contributed by atoms with Crippen molar-refractivity contribution in [1.82, 2.24) is 0 Å². The summed E-state index contributed by atoms with van der Waals surface area (Å²) >= 11 is 0. The van der Waals surface area contributed by atoms with Gasteiger partial charge >= 0.3 is 5.97 Å². The maximum absolute atomic E-state index is 12.5. The van der Waals surface area contributed by atoms with Crippen LogP contribution in [0.2, 0.25) is 0 Å². The molecule has 1 aromatic carbocycles. The van der Waals surface area contributed by atoms with Crippen LogP contribution in [0.4, 0.5) is 5.69 Å². The minimum Gasteiger partial charge on any atom is -0.493 e. The largest absolute Gasteiger partial charge is 0.493 e. The van der Waals surface area contributed by atoms with Crippen LogP contribution < -0.4 is 14.8 Å². The lowest BCUT2D eigenvalue weighted by molar-refractivity contribution is -0.145. The van der Waals surface area contributed by atoms with Crippen LogP contribution in [0.3, 0.4) is 0 Å². The Hall–Kier alpha value is -2.54. The van der Waals surface area contributed by atoms with Crippen molar-refractivity contribution in [3.8, 4) is 11.5 Å². The normalized spacial score (nSPS) is 27.7. The Labute approximate surface area is 132 Å². The van der Waals surface area contributed by atoms with Gasteiger partial charge in [0.15, 0.2) is 11.5 Å². The van der Waals surface area contributed by atoms with Crippen molar-refractivity contribution in [1.29, 1.82) is 0 Å². The van der Waals surface area contributed by atoms with E-state index in [2.05, 4.69) is 5.32 Å². The van der Waals surface area contributed by atoms with Gasteiger partial charge in [0.2, 0.25) is 5.91 Å². The molecule has 0 radical (unpaired) electrons. The zero-order valence-corrected chi connectivity index (χ0v) is 12.7. The van der Waals surface area contributed by atoms with Gasteiger partial charge in [-0.3, -0.25) is 9.59 Å². The number of aliphatic carboxylic acids is 1. The standard InChI is InChI=1S/C16H17NO6/c1-21-9-4-3-8(7-12(9)22-2)17-15(18)13-10-5-6-11(23-10)14(13)16(19)20/h3-7,10-11,13-14H,1-2H3,(H,17,18)(H,19,20). The molecule has 1 fully saturated rings. The highest BCUT2D eigenvalue weighted by molar-refractivity contribution is 5.96. The Morgan fingerprint density at radius 3 is 2.35 bits per heavy atom. The topological polar surface area (TPSA) is 94.1 Å². The Kier molecular flexibility index (Phi) is 3.96. The van der Waals surface area contributed by atoms with E-state index >= 15 is 0 Å². The van der Waals surface area contributed by atoms with Crippen LogP contribution in [0, 0.1) is 11.8 Å². The predicted octanol–water partition coefficient (Wildman–Crippen LogP) is 1.30.